The maximum atomic E-state index is 13.8. The molecule has 0 atom stereocenters. The van der Waals surface area contributed by atoms with Crippen LogP contribution >= 0.6 is 0 Å². The van der Waals surface area contributed by atoms with Crippen molar-refractivity contribution in [2.45, 2.75) is 6.18 Å². The fourth-order valence-electron chi connectivity index (χ4n) is 2.80. The maximum absolute atomic E-state index is 13.8. The highest BCUT2D eigenvalue weighted by Crippen LogP contribution is 2.32. The van der Waals surface area contributed by atoms with E-state index in [2.05, 4.69) is 20.6 Å². The molecule has 3 aromatic carbocycles. The van der Waals surface area contributed by atoms with Crippen LogP contribution < -0.4 is 15.4 Å². The molecule has 0 unspecified atom stereocenters. The van der Waals surface area contributed by atoms with E-state index in [1.165, 1.54) is 12.1 Å². The van der Waals surface area contributed by atoms with Gasteiger partial charge in [-0.05, 0) is 54.6 Å². The number of anilines is 2. The maximum Gasteiger partial charge on any atom is 0.416 e. The van der Waals surface area contributed by atoms with Crippen LogP contribution in [0.2, 0.25) is 0 Å². The zero-order valence-electron chi connectivity index (χ0n) is 15.6. The quantitative estimate of drug-likeness (QED) is 0.340. The molecule has 6 nitrogen and oxygen atoms in total. The minimum atomic E-state index is -4.65. The summed E-state index contributed by atoms with van der Waals surface area (Å²) in [6.07, 6.45) is -3.08. The number of rotatable bonds is 4. The standard InChI is InChI=1S/C21H14F4N4O2/c22-16-7-1-12(21(23,24)25)9-18(16)29-20(30)28-13-2-4-14(5-3-13)31-15-6-8-17-19(10-15)27-11-26-17/h1-11H,(H,26,27)(H2,28,29,30). The molecule has 0 spiro atoms. The van der Waals surface area contributed by atoms with Crippen molar-refractivity contribution in [3.8, 4) is 11.5 Å². The third-order valence-corrected chi connectivity index (χ3v) is 4.28. The van der Waals surface area contributed by atoms with Crippen molar-refractivity contribution in [2.75, 3.05) is 10.6 Å². The first-order valence-electron chi connectivity index (χ1n) is 8.94. The molecule has 4 aromatic rings. The Morgan fingerprint density at radius 3 is 2.42 bits per heavy atom. The van der Waals surface area contributed by atoms with E-state index in [0.717, 1.165) is 11.0 Å². The van der Waals surface area contributed by atoms with Crippen LogP contribution in [0.25, 0.3) is 11.0 Å². The van der Waals surface area contributed by atoms with Crippen molar-refractivity contribution in [3.63, 3.8) is 0 Å². The molecule has 2 amide bonds. The minimum absolute atomic E-state index is 0.334. The summed E-state index contributed by atoms with van der Waals surface area (Å²) in [6, 6.07) is 12.5. The second-order valence-corrected chi connectivity index (χ2v) is 6.48. The lowest BCUT2D eigenvalue weighted by atomic mass is 10.2. The number of amides is 2. The molecule has 0 fully saturated rings. The zero-order chi connectivity index (χ0) is 22.0. The van der Waals surface area contributed by atoms with Gasteiger partial charge in [-0.1, -0.05) is 0 Å². The molecule has 10 heteroatoms. The van der Waals surface area contributed by atoms with E-state index in [0.29, 0.717) is 35.4 Å². The first kappa shape index (κ1) is 20.2. The fourth-order valence-corrected chi connectivity index (χ4v) is 2.80. The summed E-state index contributed by atoms with van der Waals surface area (Å²) >= 11 is 0. The molecular weight excluding hydrogens is 416 g/mol. The molecule has 1 heterocycles. The molecule has 31 heavy (non-hydrogen) atoms. The molecule has 0 saturated heterocycles. The Hall–Kier alpha value is -4.08. The molecule has 0 bridgehead atoms. The number of alkyl halides is 3. The predicted molar refractivity (Wildman–Crippen MR) is 107 cm³/mol. The monoisotopic (exact) mass is 430 g/mol. The Balaban J connectivity index is 1.40. The first-order chi connectivity index (χ1) is 14.8. The third-order valence-electron chi connectivity index (χ3n) is 4.28. The largest absolute Gasteiger partial charge is 0.457 e. The molecule has 4 rings (SSSR count). The molecule has 158 valence electrons. The zero-order valence-corrected chi connectivity index (χ0v) is 15.6. The minimum Gasteiger partial charge on any atom is -0.457 e. The van der Waals surface area contributed by atoms with Crippen LogP contribution in [0.5, 0.6) is 11.5 Å². The van der Waals surface area contributed by atoms with Crippen LogP contribution in [0.1, 0.15) is 5.56 Å². The smallest absolute Gasteiger partial charge is 0.416 e. The molecule has 0 aliphatic rings. The van der Waals surface area contributed by atoms with Crippen molar-refractivity contribution >= 4 is 28.4 Å². The van der Waals surface area contributed by atoms with Gasteiger partial charge in [-0.3, -0.25) is 0 Å². The summed E-state index contributed by atoms with van der Waals surface area (Å²) in [7, 11) is 0. The number of benzene rings is 3. The number of urea groups is 1. The van der Waals surface area contributed by atoms with Crippen molar-refractivity contribution in [3.05, 3.63) is 78.4 Å². The van der Waals surface area contributed by atoms with Crippen LogP contribution in [0.3, 0.4) is 0 Å². The Bertz CT molecular complexity index is 1240. The molecule has 1 aromatic heterocycles. The van der Waals surface area contributed by atoms with E-state index in [1.807, 2.05) is 0 Å². The fraction of sp³-hybridized carbons (Fsp3) is 0.0476. The number of halogens is 4. The summed E-state index contributed by atoms with van der Waals surface area (Å²) < 4.78 is 57.8. The normalized spacial score (nSPS) is 11.4. The third kappa shape index (κ3) is 4.74. The Kier molecular flexibility index (Phi) is 5.20. The van der Waals surface area contributed by atoms with Crippen molar-refractivity contribution in [1.29, 1.82) is 0 Å². The van der Waals surface area contributed by atoms with E-state index in [4.69, 9.17) is 4.74 Å². The van der Waals surface area contributed by atoms with Crippen LogP contribution in [0.15, 0.2) is 67.0 Å². The predicted octanol–water partition coefficient (Wildman–Crippen LogP) is 6.16. The lowest BCUT2D eigenvalue weighted by Gasteiger charge is -2.12. The summed E-state index contributed by atoms with van der Waals surface area (Å²) in [4.78, 5) is 19.2. The number of hydrogen-bond donors (Lipinski definition) is 3. The number of carbonyl (C=O) groups is 1. The van der Waals surface area contributed by atoms with Gasteiger partial charge in [0, 0.05) is 11.8 Å². The second kappa shape index (κ2) is 7.98. The SMILES string of the molecule is O=C(Nc1ccc(Oc2ccc3nc[nH]c3c2)cc1)Nc1cc(C(F)(F)F)ccc1F. The summed E-state index contributed by atoms with van der Waals surface area (Å²) in [5.41, 5.74) is 0.297. The molecule has 0 radical (unpaired) electrons. The number of fused-ring (bicyclic) bond motifs is 1. The van der Waals surface area contributed by atoms with Gasteiger partial charge in [0.1, 0.15) is 17.3 Å². The van der Waals surface area contributed by atoms with E-state index in [1.54, 1.807) is 36.7 Å². The first-order valence-corrected chi connectivity index (χ1v) is 8.94. The van der Waals surface area contributed by atoms with Gasteiger partial charge < -0.3 is 20.4 Å². The van der Waals surface area contributed by atoms with Crippen LogP contribution in [-0.2, 0) is 6.18 Å². The highest BCUT2D eigenvalue weighted by molar-refractivity contribution is 5.99. The van der Waals surface area contributed by atoms with Gasteiger partial charge in [0.05, 0.1) is 28.6 Å². The average Bonchev–Trinajstić information content (AvgIpc) is 3.18. The lowest BCUT2D eigenvalue weighted by Crippen LogP contribution is -2.20. The lowest BCUT2D eigenvalue weighted by molar-refractivity contribution is -0.137. The number of nitrogens with zero attached hydrogens (tertiary/aromatic N) is 1. The Morgan fingerprint density at radius 1 is 0.935 bits per heavy atom. The molecular formula is C21H14F4N4O2. The Morgan fingerprint density at radius 2 is 1.68 bits per heavy atom. The van der Waals surface area contributed by atoms with Crippen LogP contribution in [0, 0.1) is 5.82 Å². The van der Waals surface area contributed by atoms with Crippen molar-refractivity contribution in [1.82, 2.24) is 9.97 Å². The highest BCUT2D eigenvalue weighted by Gasteiger charge is 2.31. The second-order valence-electron chi connectivity index (χ2n) is 6.48. The van der Waals surface area contributed by atoms with Gasteiger partial charge >= 0.3 is 12.2 Å². The van der Waals surface area contributed by atoms with Gasteiger partial charge in [0.25, 0.3) is 0 Å². The number of carbonyl (C=O) groups excluding carboxylic acids is 1. The van der Waals surface area contributed by atoms with E-state index < -0.39 is 29.3 Å². The van der Waals surface area contributed by atoms with Gasteiger partial charge in [-0.15, -0.1) is 0 Å². The molecule has 0 aliphatic carbocycles. The van der Waals surface area contributed by atoms with Crippen LogP contribution in [-0.4, -0.2) is 16.0 Å². The van der Waals surface area contributed by atoms with Gasteiger partial charge in [-0.2, -0.15) is 13.2 Å². The molecule has 0 aliphatic heterocycles. The average molecular weight is 430 g/mol. The van der Waals surface area contributed by atoms with E-state index >= 15 is 0 Å². The van der Waals surface area contributed by atoms with Crippen molar-refractivity contribution in [2.24, 2.45) is 0 Å². The topological polar surface area (TPSA) is 79.0 Å². The number of H-pyrrole nitrogens is 1. The van der Waals surface area contributed by atoms with Gasteiger partial charge in [-0.25, -0.2) is 14.2 Å². The number of aromatic nitrogens is 2. The van der Waals surface area contributed by atoms with E-state index in [-0.39, 0.29) is 0 Å². The van der Waals surface area contributed by atoms with Crippen molar-refractivity contribution < 1.29 is 27.1 Å². The number of imidazole rings is 1. The highest BCUT2D eigenvalue weighted by atomic mass is 19.4. The number of aromatic amines is 1. The van der Waals surface area contributed by atoms with Crippen LogP contribution in [0.4, 0.5) is 33.7 Å². The van der Waals surface area contributed by atoms with Gasteiger partial charge in [0.2, 0.25) is 0 Å². The summed E-state index contributed by atoms with van der Waals surface area (Å²) in [5, 5.41) is 4.50. The molecule has 0 saturated carbocycles. The number of hydrogen-bond acceptors (Lipinski definition) is 3. The van der Waals surface area contributed by atoms with Gasteiger partial charge in [0.15, 0.2) is 0 Å². The molecule has 3 N–H and O–H groups in total. The van der Waals surface area contributed by atoms with E-state index in [9.17, 15) is 22.4 Å². The summed E-state index contributed by atoms with van der Waals surface area (Å²) in [5.74, 6) is 0.0881. The number of nitrogens with one attached hydrogen (secondary N) is 3. The summed E-state index contributed by atoms with van der Waals surface area (Å²) in [6.45, 7) is 0. The number of ether oxygens (including phenoxy) is 1. The Labute approximate surface area is 172 Å².